The summed E-state index contributed by atoms with van der Waals surface area (Å²) in [5, 5.41) is 12.7. The first-order chi connectivity index (χ1) is 8.59. The molecule has 2 aliphatic rings. The Balaban J connectivity index is 1.80. The molecule has 0 bridgehead atoms. The number of piperidine rings is 1. The highest BCUT2D eigenvalue weighted by molar-refractivity contribution is 5.70. The van der Waals surface area contributed by atoms with Gasteiger partial charge in [0.2, 0.25) is 0 Å². The van der Waals surface area contributed by atoms with E-state index >= 15 is 0 Å². The van der Waals surface area contributed by atoms with Gasteiger partial charge in [0.1, 0.15) is 0 Å². The normalized spacial score (nSPS) is 30.2. The third kappa shape index (κ3) is 3.04. The number of likely N-dealkylation sites (tertiary alicyclic amines) is 1. The molecule has 2 rings (SSSR count). The van der Waals surface area contributed by atoms with Gasteiger partial charge in [-0.3, -0.25) is 9.69 Å². The lowest BCUT2D eigenvalue weighted by molar-refractivity contribution is -0.143. The highest BCUT2D eigenvalue weighted by atomic mass is 16.4. The third-order valence-corrected chi connectivity index (χ3v) is 4.93. The Kier molecular flexibility index (Phi) is 4.62. The van der Waals surface area contributed by atoms with E-state index in [-0.39, 0.29) is 12.0 Å². The number of nitrogens with one attached hydrogen (secondary N) is 1. The van der Waals surface area contributed by atoms with Gasteiger partial charge in [-0.1, -0.05) is 6.92 Å². The Morgan fingerprint density at radius 2 is 1.94 bits per heavy atom. The molecule has 104 valence electrons. The maximum Gasteiger partial charge on any atom is 0.307 e. The molecule has 0 saturated carbocycles. The van der Waals surface area contributed by atoms with E-state index in [0.29, 0.717) is 0 Å². The molecule has 18 heavy (non-hydrogen) atoms. The number of hydrogen-bond acceptors (Lipinski definition) is 3. The Labute approximate surface area is 110 Å². The molecule has 0 aliphatic carbocycles. The van der Waals surface area contributed by atoms with Crippen molar-refractivity contribution in [3.05, 3.63) is 0 Å². The molecule has 0 amide bonds. The van der Waals surface area contributed by atoms with Crippen molar-refractivity contribution in [3.63, 3.8) is 0 Å². The Hall–Kier alpha value is -0.610. The molecule has 4 heteroatoms. The standard InChI is InChI=1S/C14H26N2O2/c1-10(14(17)18)11(2)16-8-5-12(6-9-16)13-4-3-7-15-13/h10-13,15H,3-9H2,1-2H3,(H,17,18). The van der Waals surface area contributed by atoms with Gasteiger partial charge in [-0.05, 0) is 58.2 Å². The van der Waals surface area contributed by atoms with E-state index in [1.54, 1.807) is 0 Å². The van der Waals surface area contributed by atoms with Gasteiger partial charge in [0.25, 0.3) is 0 Å². The van der Waals surface area contributed by atoms with Crippen molar-refractivity contribution in [2.75, 3.05) is 19.6 Å². The second-order valence-corrected chi connectivity index (χ2v) is 5.94. The zero-order valence-corrected chi connectivity index (χ0v) is 11.6. The summed E-state index contributed by atoms with van der Waals surface area (Å²) in [6.45, 7) is 7.16. The zero-order valence-electron chi connectivity index (χ0n) is 11.6. The van der Waals surface area contributed by atoms with Crippen LogP contribution in [-0.2, 0) is 4.79 Å². The lowest BCUT2D eigenvalue weighted by atomic mass is 9.87. The van der Waals surface area contributed by atoms with Crippen LogP contribution in [0, 0.1) is 11.8 Å². The Morgan fingerprint density at radius 1 is 1.28 bits per heavy atom. The van der Waals surface area contributed by atoms with Gasteiger partial charge >= 0.3 is 5.97 Å². The molecule has 2 saturated heterocycles. The number of rotatable bonds is 4. The monoisotopic (exact) mass is 254 g/mol. The van der Waals surface area contributed by atoms with Crippen LogP contribution in [0.1, 0.15) is 39.5 Å². The van der Waals surface area contributed by atoms with E-state index in [9.17, 15) is 4.79 Å². The molecule has 0 spiro atoms. The number of aliphatic carboxylic acids is 1. The van der Waals surface area contributed by atoms with Crippen molar-refractivity contribution in [1.82, 2.24) is 10.2 Å². The summed E-state index contributed by atoms with van der Waals surface area (Å²) in [7, 11) is 0. The molecule has 4 nitrogen and oxygen atoms in total. The van der Waals surface area contributed by atoms with E-state index in [0.717, 1.165) is 25.0 Å². The SMILES string of the molecule is CC(C(=O)O)C(C)N1CCC(C2CCCN2)CC1. The van der Waals surface area contributed by atoms with Crippen LogP contribution in [0.25, 0.3) is 0 Å². The van der Waals surface area contributed by atoms with Gasteiger partial charge < -0.3 is 10.4 Å². The molecular formula is C14H26N2O2. The van der Waals surface area contributed by atoms with Gasteiger partial charge in [-0.15, -0.1) is 0 Å². The van der Waals surface area contributed by atoms with Crippen LogP contribution in [0.5, 0.6) is 0 Å². The van der Waals surface area contributed by atoms with Gasteiger partial charge in [0.15, 0.2) is 0 Å². The van der Waals surface area contributed by atoms with Crippen LogP contribution >= 0.6 is 0 Å². The summed E-state index contributed by atoms with van der Waals surface area (Å²) in [5.74, 6) is -0.149. The minimum atomic E-state index is -0.679. The summed E-state index contributed by atoms with van der Waals surface area (Å²) in [6, 6.07) is 0.874. The quantitative estimate of drug-likeness (QED) is 0.799. The molecule has 3 unspecified atom stereocenters. The second kappa shape index (κ2) is 6.02. The van der Waals surface area contributed by atoms with Crippen LogP contribution in [0.3, 0.4) is 0 Å². The fraction of sp³-hybridized carbons (Fsp3) is 0.929. The molecule has 0 aromatic rings. The van der Waals surface area contributed by atoms with Crippen molar-refractivity contribution in [2.45, 2.75) is 51.6 Å². The van der Waals surface area contributed by atoms with Crippen LogP contribution in [0.15, 0.2) is 0 Å². The molecule has 0 radical (unpaired) electrons. The number of carbonyl (C=O) groups is 1. The molecule has 0 aromatic heterocycles. The summed E-state index contributed by atoms with van der Waals surface area (Å²) in [4.78, 5) is 13.4. The minimum absolute atomic E-state index is 0.153. The predicted molar refractivity (Wildman–Crippen MR) is 71.6 cm³/mol. The Bertz CT molecular complexity index is 282. The van der Waals surface area contributed by atoms with Crippen molar-refractivity contribution in [3.8, 4) is 0 Å². The highest BCUT2D eigenvalue weighted by Crippen LogP contribution is 2.27. The average molecular weight is 254 g/mol. The molecular weight excluding hydrogens is 228 g/mol. The number of hydrogen-bond donors (Lipinski definition) is 2. The molecule has 2 fully saturated rings. The maximum absolute atomic E-state index is 11.0. The number of carboxylic acids is 1. The molecule has 3 atom stereocenters. The first kappa shape index (κ1) is 13.8. The van der Waals surface area contributed by atoms with Crippen molar-refractivity contribution >= 4 is 5.97 Å². The van der Waals surface area contributed by atoms with Crippen LogP contribution in [0.4, 0.5) is 0 Å². The van der Waals surface area contributed by atoms with Crippen molar-refractivity contribution in [2.24, 2.45) is 11.8 Å². The average Bonchev–Trinajstić information content (AvgIpc) is 2.91. The topological polar surface area (TPSA) is 52.6 Å². The largest absolute Gasteiger partial charge is 0.481 e. The van der Waals surface area contributed by atoms with E-state index in [1.165, 1.54) is 32.2 Å². The first-order valence-corrected chi connectivity index (χ1v) is 7.30. The summed E-state index contributed by atoms with van der Waals surface area (Å²) in [6.07, 6.45) is 5.08. The Morgan fingerprint density at radius 3 is 2.44 bits per heavy atom. The summed E-state index contributed by atoms with van der Waals surface area (Å²) >= 11 is 0. The van der Waals surface area contributed by atoms with Crippen LogP contribution < -0.4 is 5.32 Å². The lowest BCUT2D eigenvalue weighted by Crippen LogP contribution is -2.47. The third-order valence-electron chi connectivity index (χ3n) is 4.93. The fourth-order valence-electron chi connectivity index (χ4n) is 3.37. The van der Waals surface area contributed by atoms with E-state index in [1.807, 2.05) is 13.8 Å². The highest BCUT2D eigenvalue weighted by Gasteiger charge is 2.32. The lowest BCUT2D eigenvalue weighted by Gasteiger charge is -2.39. The molecule has 2 aliphatic heterocycles. The van der Waals surface area contributed by atoms with Gasteiger partial charge in [0.05, 0.1) is 5.92 Å². The van der Waals surface area contributed by atoms with Crippen molar-refractivity contribution in [1.29, 1.82) is 0 Å². The predicted octanol–water partition coefficient (Wildman–Crippen LogP) is 1.56. The summed E-state index contributed by atoms with van der Waals surface area (Å²) in [5.41, 5.74) is 0. The van der Waals surface area contributed by atoms with Crippen LogP contribution in [0.2, 0.25) is 0 Å². The van der Waals surface area contributed by atoms with E-state index in [4.69, 9.17) is 5.11 Å². The number of nitrogens with zero attached hydrogens (tertiary/aromatic N) is 1. The molecule has 0 aromatic carbocycles. The van der Waals surface area contributed by atoms with E-state index in [2.05, 4.69) is 10.2 Å². The van der Waals surface area contributed by atoms with Crippen molar-refractivity contribution < 1.29 is 9.90 Å². The first-order valence-electron chi connectivity index (χ1n) is 7.30. The smallest absolute Gasteiger partial charge is 0.307 e. The summed E-state index contributed by atoms with van der Waals surface area (Å²) < 4.78 is 0. The van der Waals surface area contributed by atoms with Gasteiger partial charge in [-0.25, -0.2) is 0 Å². The fourth-order valence-corrected chi connectivity index (χ4v) is 3.37. The second-order valence-electron chi connectivity index (χ2n) is 5.94. The molecule has 2 N–H and O–H groups in total. The maximum atomic E-state index is 11.0. The number of carboxylic acid groups (broad SMARTS) is 1. The zero-order chi connectivity index (χ0) is 13.1. The molecule has 2 heterocycles. The van der Waals surface area contributed by atoms with Gasteiger partial charge in [0, 0.05) is 12.1 Å². The van der Waals surface area contributed by atoms with E-state index < -0.39 is 5.97 Å². The van der Waals surface area contributed by atoms with Crippen LogP contribution in [-0.4, -0.2) is 47.7 Å². The minimum Gasteiger partial charge on any atom is -0.481 e. The van der Waals surface area contributed by atoms with Gasteiger partial charge in [-0.2, -0.15) is 0 Å².